The fourth-order valence-corrected chi connectivity index (χ4v) is 2.46. The van der Waals surface area contributed by atoms with E-state index in [1.54, 1.807) is 11.8 Å². The van der Waals surface area contributed by atoms with E-state index in [1.165, 1.54) is 12.1 Å². The average Bonchev–Trinajstić information content (AvgIpc) is 2.35. The van der Waals surface area contributed by atoms with Gasteiger partial charge in [-0.1, -0.05) is 30.1 Å². The molecule has 0 aliphatic carbocycles. The van der Waals surface area contributed by atoms with Crippen LogP contribution < -0.4 is 4.90 Å². The van der Waals surface area contributed by atoms with Crippen LogP contribution in [0.1, 0.15) is 13.8 Å². The van der Waals surface area contributed by atoms with E-state index in [0.717, 1.165) is 0 Å². The minimum absolute atomic E-state index is 0.128. The Morgan fingerprint density at radius 3 is 2.30 bits per heavy atom. The second kappa shape index (κ2) is 6.76. The molecule has 0 amide bonds. The number of anilines is 1. The third-order valence-electron chi connectivity index (χ3n) is 2.83. The van der Waals surface area contributed by atoms with Crippen LogP contribution in [0.2, 0.25) is 10.0 Å². The topological polar surface area (TPSA) is 83.7 Å². The van der Waals surface area contributed by atoms with Crippen LogP contribution in [-0.2, 0) is 4.79 Å². The molecule has 6 nitrogen and oxygen atoms in total. The maximum atomic E-state index is 10.9. The van der Waals surface area contributed by atoms with Gasteiger partial charge < -0.3 is 10.0 Å². The van der Waals surface area contributed by atoms with Gasteiger partial charge in [-0.2, -0.15) is 0 Å². The highest BCUT2D eigenvalue weighted by molar-refractivity contribution is 6.39. The van der Waals surface area contributed by atoms with Gasteiger partial charge in [0.25, 0.3) is 5.69 Å². The molecule has 1 N–H and O–H groups in total. The first kappa shape index (κ1) is 16.5. The first-order valence-corrected chi connectivity index (χ1v) is 6.64. The Bertz CT molecular complexity index is 513. The summed E-state index contributed by atoms with van der Waals surface area (Å²) in [5, 5.41) is 19.9. The Kier molecular flexibility index (Phi) is 5.59. The van der Waals surface area contributed by atoms with Crippen LogP contribution in [0.4, 0.5) is 11.4 Å². The molecule has 0 saturated carbocycles. The number of nitrogens with zero attached hydrogens (tertiary/aromatic N) is 2. The number of nitro groups is 1. The third-order valence-corrected chi connectivity index (χ3v) is 3.40. The van der Waals surface area contributed by atoms with Gasteiger partial charge in [0, 0.05) is 25.2 Å². The number of aliphatic carboxylic acids is 1. The second-order valence-corrected chi connectivity index (χ2v) is 5.11. The van der Waals surface area contributed by atoms with Gasteiger partial charge in [0.15, 0.2) is 0 Å². The van der Waals surface area contributed by atoms with Crippen molar-refractivity contribution in [3.63, 3.8) is 0 Å². The number of carboxylic acid groups (broad SMARTS) is 1. The number of hydrogen-bond donors (Lipinski definition) is 1. The van der Waals surface area contributed by atoms with Crippen molar-refractivity contribution in [3.8, 4) is 0 Å². The Labute approximate surface area is 126 Å². The molecule has 0 heterocycles. The normalized spacial score (nSPS) is 12.0. The minimum atomic E-state index is -0.933. The lowest BCUT2D eigenvalue weighted by Crippen LogP contribution is -2.32. The van der Waals surface area contributed by atoms with E-state index in [-0.39, 0.29) is 22.3 Å². The summed E-state index contributed by atoms with van der Waals surface area (Å²) in [4.78, 5) is 22.7. The molecule has 0 aliphatic rings. The molecule has 1 aromatic carbocycles. The molecule has 0 fully saturated rings. The molecule has 0 spiro atoms. The number of nitro benzene ring substituents is 1. The molecule has 0 aliphatic heterocycles. The zero-order chi connectivity index (χ0) is 15.4. The molecule has 8 heteroatoms. The van der Waals surface area contributed by atoms with Gasteiger partial charge in [-0.25, -0.2) is 0 Å². The average molecular weight is 321 g/mol. The van der Waals surface area contributed by atoms with Gasteiger partial charge in [-0.05, 0) is 6.92 Å². The predicted octanol–water partition coefficient (Wildman–Crippen LogP) is 3.45. The largest absolute Gasteiger partial charge is 0.481 e. The standard InChI is InChI=1S/C12H14Cl2N2O4/c1-3-15(6-7(2)12(17)18)11-9(13)4-8(16(19)20)5-10(11)14/h4-5,7H,3,6H2,1-2H3,(H,17,18). The van der Waals surface area contributed by atoms with Crippen molar-refractivity contribution in [1.82, 2.24) is 0 Å². The number of hydrogen-bond acceptors (Lipinski definition) is 4. The molecule has 0 saturated heterocycles. The van der Waals surface area contributed by atoms with Crippen molar-refractivity contribution in [1.29, 1.82) is 0 Å². The van der Waals surface area contributed by atoms with E-state index in [1.807, 2.05) is 6.92 Å². The second-order valence-electron chi connectivity index (χ2n) is 4.29. The lowest BCUT2D eigenvalue weighted by atomic mass is 10.1. The molecular formula is C12H14Cl2N2O4. The number of carboxylic acids is 1. The van der Waals surface area contributed by atoms with Crippen LogP contribution in [0.3, 0.4) is 0 Å². The summed E-state index contributed by atoms with van der Waals surface area (Å²) in [6.07, 6.45) is 0. The van der Waals surface area contributed by atoms with Crippen molar-refractivity contribution in [2.45, 2.75) is 13.8 Å². The summed E-state index contributed by atoms with van der Waals surface area (Å²) in [5.74, 6) is -1.55. The number of benzene rings is 1. The first-order valence-electron chi connectivity index (χ1n) is 5.89. The van der Waals surface area contributed by atoms with Gasteiger partial charge >= 0.3 is 5.97 Å². The molecule has 110 valence electrons. The van der Waals surface area contributed by atoms with Crippen molar-refractivity contribution in [2.75, 3.05) is 18.0 Å². The highest BCUT2D eigenvalue weighted by Crippen LogP contribution is 2.37. The molecule has 1 atom stereocenters. The summed E-state index contributed by atoms with van der Waals surface area (Å²) in [6.45, 7) is 4.08. The lowest BCUT2D eigenvalue weighted by molar-refractivity contribution is -0.384. The molecule has 0 aromatic heterocycles. The Balaban J connectivity index is 3.16. The Morgan fingerprint density at radius 2 is 1.95 bits per heavy atom. The van der Waals surface area contributed by atoms with E-state index < -0.39 is 16.8 Å². The summed E-state index contributed by atoms with van der Waals surface area (Å²) in [5.41, 5.74) is 0.209. The van der Waals surface area contributed by atoms with Crippen molar-refractivity contribution in [3.05, 3.63) is 32.3 Å². The summed E-state index contributed by atoms with van der Waals surface area (Å²) in [6, 6.07) is 2.41. The van der Waals surface area contributed by atoms with E-state index >= 15 is 0 Å². The van der Waals surface area contributed by atoms with E-state index in [0.29, 0.717) is 12.2 Å². The van der Waals surface area contributed by atoms with Crippen molar-refractivity contribution in [2.24, 2.45) is 5.92 Å². The van der Waals surface area contributed by atoms with Crippen LogP contribution in [0.15, 0.2) is 12.1 Å². The van der Waals surface area contributed by atoms with Crippen LogP contribution >= 0.6 is 23.2 Å². The van der Waals surface area contributed by atoms with Crippen LogP contribution in [0.5, 0.6) is 0 Å². The zero-order valence-corrected chi connectivity index (χ0v) is 12.5. The van der Waals surface area contributed by atoms with E-state index in [2.05, 4.69) is 0 Å². The smallest absolute Gasteiger partial charge is 0.308 e. The van der Waals surface area contributed by atoms with Crippen molar-refractivity contribution < 1.29 is 14.8 Å². The quantitative estimate of drug-likeness (QED) is 0.641. The van der Waals surface area contributed by atoms with Crippen molar-refractivity contribution >= 4 is 40.5 Å². The third kappa shape index (κ3) is 3.74. The maximum absolute atomic E-state index is 10.9. The lowest BCUT2D eigenvalue weighted by Gasteiger charge is -2.26. The van der Waals surface area contributed by atoms with Crippen LogP contribution in [0.25, 0.3) is 0 Å². The molecule has 0 radical (unpaired) electrons. The monoisotopic (exact) mass is 320 g/mol. The molecule has 20 heavy (non-hydrogen) atoms. The molecular weight excluding hydrogens is 307 g/mol. The molecule has 1 rings (SSSR count). The van der Waals surface area contributed by atoms with Gasteiger partial charge in [0.05, 0.1) is 26.6 Å². The fraction of sp³-hybridized carbons (Fsp3) is 0.417. The van der Waals surface area contributed by atoms with Gasteiger partial charge in [0.1, 0.15) is 0 Å². The maximum Gasteiger partial charge on any atom is 0.308 e. The zero-order valence-electron chi connectivity index (χ0n) is 11.0. The van der Waals surface area contributed by atoms with Gasteiger partial charge in [-0.15, -0.1) is 0 Å². The van der Waals surface area contributed by atoms with E-state index in [4.69, 9.17) is 28.3 Å². The number of carbonyl (C=O) groups is 1. The van der Waals surface area contributed by atoms with Gasteiger partial charge in [-0.3, -0.25) is 14.9 Å². The van der Waals surface area contributed by atoms with Gasteiger partial charge in [0.2, 0.25) is 0 Å². The highest BCUT2D eigenvalue weighted by atomic mass is 35.5. The SMILES string of the molecule is CCN(CC(C)C(=O)O)c1c(Cl)cc([N+](=O)[O-])cc1Cl. The highest BCUT2D eigenvalue weighted by Gasteiger charge is 2.22. The van der Waals surface area contributed by atoms with E-state index in [9.17, 15) is 14.9 Å². The fourth-order valence-electron chi connectivity index (χ4n) is 1.75. The first-order chi connectivity index (χ1) is 9.27. The molecule has 1 aromatic rings. The summed E-state index contributed by atoms with van der Waals surface area (Å²) >= 11 is 12.1. The number of rotatable bonds is 6. The number of non-ortho nitro benzene ring substituents is 1. The summed E-state index contributed by atoms with van der Waals surface area (Å²) in [7, 11) is 0. The summed E-state index contributed by atoms with van der Waals surface area (Å²) < 4.78 is 0. The predicted molar refractivity (Wildman–Crippen MR) is 77.8 cm³/mol. The Hall–Kier alpha value is -1.53. The molecule has 0 bridgehead atoms. The van der Waals surface area contributed by atoms with Crippen LogP contribution in [-0.4, -0.2) is 29.1 Å². The van der Waals surface area contributed by atoms with Crippen LogP contribution in [0, 0.1) is 16.0 Å². The minimum Gasteiger partial charge on any atom is -0.481 e. The Morgan fingerprint density at radius 1 is 1.45 bits per heavy atom. The molecule has 1 unspecified atom stereocenters. The number of halogens is 2.